The van der Waals surface area contributed by atoms with Gasteiger partial charge in [0.2, 0.25) is 0 Å². The second kappa shape index (κ2) is 9.34. The minimum Gasteiger partial charge on any atom is -0.493 e. The molecule has 1 heterocycles. The number of nitrogens with one attached hydrogen (secondary N) is 1. The van der Waals surface area contributed by atoms with E-state index >= 15 is 0 Å². The van der Waals surface area contributed by atoms with Gasteiger partial charge in [-0.3, -0.25) is 0 Å². The fourth-order valence-corrected chi connectivity index (χ4v) is 3.06. The molecule has 0 bridgehead atoms. The molecule has 0 saturated heterocycles. The zero-order valence-electron chi connectivity index (χ0n) is 15.3. The maximum atomic E-state index is 11.9. The van der Waals surface area contributed by atoms with Crippen molar-refractivity contribution >= 4 is 33.4 Å². The molecule has 0 spiro atoms. The summed E-state index contributed by atoms with van der Waals surface area (Å²) in [4.78, 5) is 16.3. The van der Waals surface area contributed by atoms with Gasteiger partial charge in [-0.2, -0.15) is 0 Å². The fraction of sp³-hybridized carbons (Fsp3) is 0.444. The number of ether oxygens (including phenoxy) is 3. The molecular formula is C18H23BrN2O4S. The summed E-state index contributed by atoms with van der Waals surface area (Å²) in [5.41, 5.74) is 1.17. The van der Waals surface area contributed by atoms with E-state index in [2.05, 4.69) is 26.2 Å². The Balaban J connectivity index is 2.11. The Morgan fingerprint density at radius 3 is 2.77 bits per heavy atom. The number of nitrogens with zero attached hydrogens (tertiary/aromatic N) is 1. The highest BCUT2D eigenvalue weighted by molar-refractivity contribution is 9.10. The van der Waals surface area contributed by atoms with Crippen molar-refractivity contribution in [3.8, 4) is 22.2 Å². The van der Waals surface area contributed by atoms with Crippen LogP contribution in [0.25, 0.3) is 11.3 Å². The average molecular weight is 443 g/mol. The van der Waals surface area contributed by atoms with E-state index in [0.29, 0.717) is 24.7 Å². The van der Waals surface area contributed by atoms with E-state index in [1.807, 2.05) is 44.4 Å². The van der Waals surface area contributed by atoms with E-state index in [9.17, 15) is 4.79 Å². The largest absolute Gasteiger partial charge is 0.493 e. The Morgan fingerprint density at radius 2 is 2.08 bits per heavy atom. The Labute approximate surface area is 166 Å². The number of methoxy groups -OCH3 is 1. The minimum absolute atomic E-state index is 0.287. The Kier molecular flexibility index (Phi) is 7.43. The van der Waals surface area contributed by atoms with Crippen LogP contribution in [0.2, 0.25) is 0 Å². The quantitative estimate of drug-likeness (QED) is 0.618. The molecule has 0 unspecified atom stereocenters. The summed E-state index contributed by atoms with van der Waals surface area (Å²) in [7, 11) is 1.66. The summed E-state index contributed by atoms with van der Waals surface area (Å²) in [6, 6.07) is 5.74. The van der Waals surface area contributed by atoms with Gasteiger partial charge >= 0.3 is 6.09 Å². The second-order valence-electron chi connectivity index (χ2n) is 6.60. The lowest BCUT2D eigenvalue weighted by molar-refractivity contribution is 0.172. The van der Waals surface area contributed by atoms with E-state index in [-0.39, 0.29) is 10.7 Å². The molecule has 142 valence electrons. The van der Waals surface area contributed by atoms with Gasteiger partial charge < -0.3 is 19.5 Å². The fourth-order valence-electron chi connectivity index (χ4n) is 2.05. The first kappa shape index (κ1) is 20.7. The van der Waals surface area contributed by atoms with Crippen LogP contribution in [0.5, 0.6) is 10.9 Å². The van der Waals surface area contributed by atoms with Crippen molar-refractivity contribution in [1.29, 1.82) is 0 Å². The second-order valence-corrected chi connectivity index (χ2v) is 8.33. The van der Waals surface area contributed by atoms with E-state index in [1.165, 1.54) is 11.3 Å². The van der Waals surface area contributed by atoms with Crippen molar-refractivity contribution in [3.63, 3.8) is 0 Å². The van der Waals surface area contributed by atoms with Crippen LogP contribution in [0, 0.1) is 0 Å². The number of hydrogen-bond donors (Lipinski definition) is 1. The molecule has 1 amide bonds. The smallest absolute Gasteiger partial charge is 0.414 e. The summed E-state index contributed by atoms with van der Waals surface area (Å²) in [6.45, 7) is 6.84. The van der Waals surface area contributed by atoms with Gasteiger partial charge in [0, 0.05) is 41.1 Å². The third kappa shape index (κ3) is 6.59. The van der Waals surface area contributed by atoms with Gasteiger partial charge in [-0.15, -0.1) is 0 Å². The molecular weight excluding hydrogens is 420 g/mol. The summed E-state index contributed by atoms with van der Waals surface area (Å²) >= 11 is 4.72. The zero-order chi connectivity index (χ0) is 19.2. The van der Waals surface area contributed by atoms with Crippen LogP contribution in [0.3, 0.4) is 0 Å². The van der Waals surface area contributed by atoms with E-state index in [0.717, 1.165) is 16.5 Å². The Morgan fingerprint density at radius 1 is 1.31 bits per heavy atom. The van der Waals surface area contributed by atoms with Crippen LogP contribution in [0.4, 0.5) is 4.79 Å². The summed E-state index contributed by atoms with van der Waals surface area (Å²) in [5.74, 6) is 0.714. The van der Waals surface area contributed by atoms with Crippen molar-refractivity contribution in [3.05, 3.63) is 28.1 Å². The third-order valence-corrected chi connectivity index (χ3v) is 4.32. The van der Waals surface area contributed by atoms with E-state index in [1.54, 1.807) is 7.11 Å². The van der Waals surface area contributed by atoms with Crippen molar-refractivity contribution in [2.24, 2.45) is 0 Å². The van der Waals surface area contributed by atoms with Crippen LogP contribution < -0.4 is 14.8 Å². The monoisotopic (exact) mass is 442 g/mol. The van der Waals surface area contributed by atoms with Gasteiger partial charge in [-0.05, 0) is 39.0 Å². The van der Waals surface area contributed by atoms with Gasteiger partial charge in [-0.25, -0.2) is 9.78 Å². The number of hydrogen-bond acceptors (Lipinski definition) is 6. The average Bonchev–Trinajstić information content (AvgIpc) is 2.98. The number of benzene rings is 1. The first-order valence-electron chi connectivity index (χ1n) is 8.15. The first-order valence-corrected chi connectivity index (χ1v) is 9.83. The lowest BCUT2D eigenvalue weighted by Gasteiger charge is -2.19. The predicted octanol–water partition coefficient (Wildman–Crippen LogP) is 4.87. The SMILES string of the molecule is COCCCOc1cc(Br)ccc1-c1csc(OC(=O)NC(C)(C)C)n1. The van der Waals surface area contributed by atoms with Gasteiger partial charge in [0.05, 0.1) is 12.3 Å². The molecule has 0 saturated carbocycles. The number of carbonyl (C=O) groups excluding carboxylic acids is 1. The van der Waals surface area contributed by atoms with Crippen LogP contribution in [-0.4, -0.2) is 36.9 Å². The molecule has 6 nitrogen and oxygen atoms in total. The third-order valence-electron chi connectivity index (χ3n) is 3.11. The van der Waals surface area contributed by atoms with Gasteiger partial charge in [-0.1, -0.05) is 27.3 Å². The highest BCUT2D eigenvalue weighted by Gasteiger charge is 2.18. The maximum Gasteiger partial charge on any atom is 0.414 e. The molecule has 2 aromatic rings. The molecule has 0 aliphatic heterocycles. The zero-order valence-corrected chi connectivity index (χ0v) is 17.7. The molecule has 1 aromatic heterocycles. The lowest BCUT2D eigenvalue weighted by atomic mass is 10.1. The number of halogens is 1. The standard InChI is InChI=1S/C18H23BrN2O4S/c1-18(2,3)21-16(22)25-17-20-14(11-26-17)13-7-6-12(19)10-15(13)24-9-5-8-23-4/h6-7,10-11H,5,8-9H2,1-4H3,(H,21,22). The topological polar surface area (TPSA) is 69.7 Å². The van der Waals surface area contributed by atoms with Gasteiger partial charge in [0.1, 0.15) is 5.75 Å². The Bertz CT molecular complexity index is 743. The highest BCUT2D eigenvalue weighted by Crippen LogP contribution is 2.35. The van der Waals surface area contributed by atoms with E-state index < -0.39 is 6.09 Å². The van der Waals surface area contributed by atoms with Crippen molar-refractivity contribution in [1.82, 2.24) is 10.3 Å². The van der Waals surface area contributed by atoms with Crippen molar-refractivity contribution < 1.29 is 19.0 Å². The van der Waals surface area contributed by atoms with Crippen molar-refractivity contribution in [2.45, 2.75) is 32.7 Å². The summed E-state index contributed by atoms with van der Waals surface area (Å²) < 4.78 is 17.1. The van der Waals surface area contributed by atoms with Crippen molar-refractivity contribution in [2.75, 3.05) is 20.3 Å². The molecule has 2 rings (SSSR count). The molecule has 0 radical (unpaired) electrons. The van der Waals surface area contributed by atoms with Gasteiger partial charge in [0.15, 0.2) is 0 Å². The Hall–Kier alpha value is -1.64. The van der Waals surface area contributed by atoms with Crippen LogP contribution >= 0.6 is 27.3 Å². The normalized spacial score (nSPS) is 11.3. The molecule has 8 heteroatoms. The molecule has 0 aliphatic rings. The molecule has 0 fully saturated rings. The molecule has 0 atom stereocenters. The first-order chi connectivity index (χ1) is 12.3. The maximum absolute atomic E-state index is 11.9. The van der Waals surface area contributed by atoms with E-state index in [4.69, 9.17) is 14.2 Å². The molecule has 26 heavy (non-hydrogen) atoms. The van der Waals surface area contributed by atoms with Crippen LogP contribution in [-0.2, 0) is 4.74 Å². The molecule has 1 aromatic carbocycles. The summed E-state index contributed by atoms with van der Waals surface area (Å²) in [6.07, 6.45) is 0.270. The highest BCUT2D eigenvalue weighted by atomic mass is 79.9. The molecule has 1 N–H and O–H groups in total. The minimum atomic E-state index is -0.523. The number of rotatable bonds is 7. The number of aromatic nitrogens is 1. The predicted molar refractivity (Wildman–Crippen MR) is 106 cm³/mol. The number of thiazole rings is 1. The van der Waals surface area contributed by atoms with Crippen LogP contribution in [0.1, 0.15) is 27.2 Å². The molecule has 0 aliphatic carbocycles. The van der Waals surface area contributed by atoms with Crippen LogP contribution in [0.15, 0.2) is 28.1 Å². The lowest BCUT2D eigenvalue weighted by Crippen LogP contribution is -2.42. The summed E-state index contributed by atoms with van der Waals surface area (Å²) in [5, 5.41) is 4.86. The number of carbonyl (C=O) groups is 1. The number of amides is 1. The van der Waals surface area contributed by atoms with Gasteiger partial charge in [0.25, 0.3) is 5.19 Å².